The molecule has 0 aliphatic heterocycles. The monoisotopic (exact) mass is 354 g/mol. The first-order chi connectivity index (χ1) is 12.7. The van der Waals surface area contributed by atoms with Crippen LogP contribution in [-0.4, -0.2) is 37.9 Å². The van der Waals surface area contributed by atoms with Crippen LogP contribution < -0.4 is 9.47 Å². The second kappa shape index (κ2) is 10.3. The van der Waals surface area contributed by atoms with Gasteiger partial charge in [-0.25, -0.2) is 14.4 Å². The summed E-state index contributed by atoms with van der Waals surface area (Å²) in [6.45, 7) is 0.197. The lowest BCUT2D eigenvalue weighted by Gasteiger charge is -2.07. The zero-order valence-electron chi connectivity index (χ0n) is 13.6. The Morgan fingerprint density at radius 3 is 1.88 bits per heavy atom. The van der Waals surface area contributed by atoms with Gasteiger partial charge in [-0.15, -0.1) is 0 Å². The molecule has 0 radical (unpaired) electrons. The average Bonchev–Trinajstić information content (AvgIpc) is 2.65. The van der Waals surface area contributed by atoms with Crippen LogP contribution in [0.5, 0.6) is 11.5 Å². The first-order valence-corrected chi connectivity index (χ1v) is 7.48. The third-order valence-electron chi connectivity index (χ3n) is 2.97. The van der Waals surface area contributed by atoms with E-state index < -0.39 is 5.97 Å². The summed E-state index contributed by atoms with van der Waals surface area (Å²) in [4.78, 5) is 38.8. The Bertz CT molecular complexity index is 820. The molecule has 0 spiro atoms. The first kappa shape index (κ1) is 18.8. The summed E-state index contributed by atoms with van der Waals surface area (Å²) in [6.07, 6.45) is 2.87. The highest BCUT2D eigenvalue weighted by molar-refractivity contribution is 5.73. The summed E-state index contributed by atoms with van der Waals surface area (Å²) in [5, 5.41) is 0. The van der Waals surface area contributed by atoms with Crippen molar-refractivity contribution in [2.45, 2.75) is 0 Å². The molecule has 0 saturated carbocycles. The van der Waals surface area contributed by atoms with Gasteiger partial charge in [-0.3, -0.25) is 0 Å². The number of carbonyl (C=O) groups excluding carboxylic acids is 3. The second-order valence-corrected chi connectivity index (χ2v) is 4.77. The fraction of sp³-hybridized carbons (Fsp3) is 0.167. The number of ether oxygens (including phenoxy) is 3. The second-order valence-electron chi connectivity index (χ2n) is 4.77. The molecule has 2 rings (SSSR count). The van der Waals surface area contributed by atoms with Crippen molar-refractivity contribution in [2.24, 2.45) is 9.98 Å². The Morgan fingerprint density at radius 2 is 1.35 bits per heavy atom. The Morgan fingerprint density at radius 1 is 0.808 bits per heavy atom. The van der Waals surface area contributed by atoms with Crippen LogP contribution in [0.2, 0.25) is 0 Å². The summed E-state index contributed by atoms with van der Waals surface area (Å²) in [5.74, 6) is 0.338. The Labute approximate surface area is 148 Å². The van der Waals surface area contributed by atoms with Crippen LogP contribution in [-0.2, 0) is 19.1 Å². The molecule has 0 heterocycles. The van der Waals surface area contributed by atoms with Crippen LogP contribution in [0.15, 0.2) is 58.5 Å². The van der Waals surface area contributed by atoms with Gasteiger partial charge in [-0.05, 0) is 48.5 Å². The van der Waals surface area contributed by atoms with E-state index in [4.69, 9.17) is 14.2 Å². The number of aliphatic imine (C=N–C) groups is 2. The molecule has 8 nitrogen and oxygen atoms in total. The van der Waals surface area contributed by atoms with Gasteiger partial charge in [0, 0.05) is 0 Å². The van der Waals surface area contributed by atoms with E-state index in [1.807, 2.05) is 0 Å². The van der Waals surface area contributed by atoms with Crippen molar-refractivity contribution in [1.29, 1.82) is 0 Å². The minimum Gasteiger partial charge on any atom is -0.491 e. The molecule has 0 bridgehead atoms. The highest BCUT2D eigenvalue weighted by atomic mass is 16.6. The largest absolute Gasteiger partial charge is 0.491 e. The van der Waals surface area contributed by atoms with Crippen molar-refractivity contribution >= 4 is 29.5 Å². The summed E-state index contributed by atoms with van der Waals surface area (Å²) in [7, 11) is 0. The predicted molar refractivity (Wildman–Crippen MR) is 90.4 cm³/mol. The smallest absolute Gasteiger partial charge is 0.337 e. The van der Waals surface area contributed by atoms with Crippen molar-refractivity contribution in [3.05, 3.63) is 48.5 Å². The van der Waals surface area contributed by atoms with E-state index in [1.54, 1.807) is 24.3 Å². The Hall–Kier alpha value is -3.57. The summed E-state index contributed by atoms with van der Waals surface area (Å²) in [6, 6.07) is 12.6. The van der Waals surface area contributed by atoms with Gasteiger partial charge in [0.2, 0.25) is 12.2 Å². The summed E-state index contributed by atoms with van der Waals surface area (Å²) < 4.78 is 15.7. The number of carbonyl (C=O) groups is 1. The molecule has 8 heteroatoms. The van der Waals surface area contributed by atoms with Crippen molar-refractivity contribution in [2.75, 3.05) is 19.8 Å². The molecule has 26 heavy (non-hydrogen) atoms. The minimum absolute atomic E-state index is 0.191. The molecule has 132 valence electrons. The fourth-order valence-electron chi connectivity index (χ4n) is 1.85. The van der Waals surface area contributed by atoms with Gasteiger partial charge in [0.25, 0.3) is 0 Å². The van der Waals surface area contributed by atoms with E-state index >= 15 is 0 Å². The van der Waals surface area contributed by atoms with Gasteiger partial charge in [-0.2, -0.15) is 9.98 Å². The maximum Gasteiger partial charge on any atom is 0.337 e. The van der Waals surface area contributed by atoms with Gasteiger partial charge >= 0.3 is 5.97 Å². The molecular formula is C18H14N2O6. The quantitative estimate of drug-likeness (QED) is 0.225. The molecule has 0 unspecified atom stereocenters. The summed E-state index contributed by atoms with van der Waals surface area (Å²) in [5.41, 5.74) is 0.900. The van der Waals surface area contributed by atoms with Crippen molar-refractivity contribution in [3.63, 3.8) is 0 Å². The third-order valence-corrected chi connectivity index (χ3v) is 2.97. The van der Waals surface area contributed by atoms with Gasteiger partial charge in [-0.1, -0.05) is 0 Å². The van der Waals surface area contributed by atoms with Crippen LogP contribution in [0.25, 0.3) is 0 Å². The van der Waals surface area contributed by atoms with Crippen LogP contribution >= 0.6 is 0 Å². The predicted octanol–water partition coefficient (Wildman–Crippen LogP) is 2.62. The summed E-state index contributed by atoms with van der Waals surface area (Å²) >= 11 is 0. The van der Waals surface area contributed by atoms with Crippen molar-refractivity contribution in [3.8, 4) is 11.5 Å². The normalized spacial score (nSPS) is 9.54. The highest BCUT2D eigenvalue weighted by Gasteiger charge is 2.05. The number of rotatable bonds is 9. The van der Waals surface area contributed by atoms with Crippen molar-refractivity contribution < 1.29 is 28.6 Å². The van der Waals surface area contributed by atoms with E-state index in [0.29, 0.717) is 22.9 Å². The first-order valence-electron chi connectivity index (χ1n) is 7.48. The van der Waals surface area contributed by atoms with Gasteiger partial charge in [0.15, 0.2) is 0 Å². The molecule has 0 aliphatic rings. The molecule has 2 aromatic rings. The van der Waals surface area contributed by atoms with Crippen molar-refractivity contribution in [1.82, 2.24) is 0 Å². The fourth-order valence-corrected chi connectivity index (χ4v) is 1.85. The molecule has 0 fully saturated rings. The SMILES string of the molecule is O=C=Nc1ccc(OCCOCC(=O)Oc2ccc(N=C=O)cc2)cc1. The lowest BCUT2D eigenvalue weighted by Crippen LogP contribution is -2.18. The number of hydrogen-bond donors (Lipinski definition) is 0. The number of benzene rings is 2. The maximum atomic E-state index is 11.6. The van der Waals surface area contributed by atoms with E-state index in [9.17, 15) is 14.4 Å². The standard InChI is InChI=1S/C18H14N2O6/c21-12-19-14-1-5-16(6-2-14)25-10-9-24-11-18(23)26-17-7-3-15(4-8-17)20-13-22/h1-8H,9-11H2. The van der Waals surface area contributed by atoms with Crippen LogP contribution in [0.3, 0.4) is 0 Å². The van der Waals surface area contributed by atoms with Crippen LogP contribution in [0.4, 0.5) is 11.4 Å². The lowest BCUT2D eigenvalue weighted by molar-refractivity contribution is -0.139. The molecule has 0 amide bonds. The Balaban J connectivity index is 1.65. The van der Waals surface area contributed by atoms with E-state index in [-0.39, 0.29) is 19.8 Å². The molecule has 2 aromatic carbocycles. The van der Waals surface area contributed by atoms with E-state index in [2.05, 4.69) is 9.98 Å². The number of esters is 1. The Kier molecular flexibility index (Phi) is 7.45. The zero-order chi connectivity index (χ0) is 18.6. The number of isocyanates is 2. The molecule has 0 N–H and O–H groups in total. The molecule has 0 aromatic heterocycles. The number of nitrogens with zero attached hydrogens (tertiary/aromatic N) is 2. The minimum atomic E-state index is -0.562. The van der Waals surface area contributed by atoms with Gasteiger partial charge < -0.3 is 14.2 Å². The third kappa shape index (κ3) is 6.51. The van der Waals surface area contributed by atoms with Crippen LogP contribution in [0, 0.1) is 0 Å². The molecule has 0 aliphatic carbocycles. The molecule has 0 saturated heterocycles. The number of hydrogen-bond acceptors (Lipinski definition) is 8. The topological polar surface area (TPSA) is 104 Å². The van der Waals surface area contributed by atoms with E-state index in [1.165, 1.54) is 36.4 Å². The van der Waals surface area contributed by atoms with Crippen LogP contribution in [0.1, 0.15) is 0 Å². The zero-order valence-corrected chi connectivity index (χ0v) is 13.6. The average molecular weight is 354 g/mol. The molecular weight excluding hydrogens is 340 g/mol. The lowest BCUT2D eigenvalue weighted by atomic mass is 10.3. The van der Waals surface area contributed by atoms with Gasteiger partial charge in [0.05, 0.1) is 18.0 Å². The molecule has 0 atom stereocenters. The van der Waals surface area contributed by atoms with Gasteiger partial charge in [0.1, 0.15) is 24.7 Å². The maximum absolute atomic E-state index is 11.6. The van der Waals surface area contributed by atoms with E-state index in [0.717, 1.165) is 0 Å². The highest BCUT2D eigenvalue weighted by Crippen LogP contribution is 2.18.